The highest BCUT2D eigenvalue weighted by Crippen LogP contribution is 2.32. The van der Waals surface area contributed by atoms with Crippen molar-refractivity contribution in [3.8, 4) is 5.75 Å². The molecule has 4 rings (SSSR count). The number of carbonyl (C=O) groups is 3. The fraction of sp³-hybridized carbons (Fsp3) is 0.148. The van der Waals surface area contributed by atoms with Crippen LogP contribution in [0.4, 0.5) is 10.5 Å². The lowest BCUT2D eigenvalue weighted by Crippen LogP contribution is -2.36. The third-order valence-electron chi connectivity index (χ3n) is 5.18. The predicted octanol–water partition coefficient (Wildman–Crippen LogP) is 5.56. The number of aryl methyl sites for hydroxylation is 2. The van der Waals surface area contributed by atoms with Gasteiger partial charge in [0.05, 0.1) is 4.91 Å². The highest BCUT2D eigenvalue weighted by atomic mass is 32.2. The highest BCUT2D eigenvalue weighted by molar-refractivity contribution is 8.18. The van der Waals surface area contributed by atoms with Gasteiger partial charge in [-0.15, -0.1) is 0 Å². The highest BCUT2D eigenvalue weighted by Gasteiger charge is 2.36. The van der Waals surface area contributed by atoms with E-state index in [1.807, 2.05) is 80.6 Å². The maximum Gasteiger partial charge on any atom is 0.294 e. The summed E-state index contributed by atoms with van der Waals surface area (Å²) in [5.41, 5.74) is 4.66. The van der Waals surface area contributed by atoms with E-state index in [0.717, 1.165) is 33.4 Å². The molecule has 34 heavy (non-hydrogen) atoms. The molecule has 1 aliphatic heterocycles. The van der Waals surface area contributed by atoms with Crippen LogP contribution in [0, 0.1) is 13.8 Å². The molecule has 1 N–H and O–H groups in total. The van der Waals surface area contributed by atoms with Gasteiger partial charge in [0, 0.05) is 5.69 Å². The first-order chi connectivity index (χ1) is 16.4. The Morgan fingerprint density at radius 3 is 2.41 bits per heavy atom. The third kappa shape index (κ3) is 5.94. The zero-order valence-electron chi connectivity index (χ0n) is 18.9. The van der Waals surface area contributed by atoms with Crippen LogP contribution < -0.4 is 10.1 Å². The summed E-state index contributed by atoms with van der Waals surface area (Å²) >= 11 is 0.828. The van der Waals surface area contributed by atoms with Crippen molar-refractivity contribution in [3.05, 3.63) is 100.0 Å². The summed E-state index contributed by atoms with van der Waals surface area (Å²) in [6, 6.07) is 22.7. The number of imide groups is 1. The summed E-state index contributed by atoms with van der Waals surface area (Å²) in [5, 5.41) is 2.26. The molecule has 0 radical (unpaired) electrons. The molecule has 0 aliphatic carbocycles. The molecule has 1 aliphatic rings. The number of amides is 3. The molecule has 0 spiro atoms. The number of ether oxygens (including phenoxy) is 1. The zero-order chi connectivity index (χ0) is 24.1. The first kappa shape index (κ1) is 23.3. The van der Waals surface area contributed by atoms with Crippen molar-refractivity contribution in [1.29, 1.82) is 0 Å². The van der Waals surface area contributed by atoms with Crippen LogP contribution in [0.5, 0.6) is 5.75 Å². The van der Waals surface area contributed by atoms with Crippen molar-refractivity contribution >= 4 is 40.6 Å². The molecule has 1 saturated heterocycles. The fourth-order valence-corrected chi connectivity index (χ4v) is 4.20. The zero-order valence-corrected chi connectivity index (χ0v) is 19.7. The van der Waals surface area contributed by atoms with Crippen LogP contribution in [0.3, 0.4) is 0 Å². The quantitative estimate of drug-likeness (QED) is 0.456. The number of benzene rings is 3. The maximum absolute atomic E-state index is 12.7. The third-order valence-corrected chi connectivity index (χ3v) is 6.09. The van der Waals surface area contributed by atoms with Crippen LogP contribution in [0.2, 0.25) is 0 Å². The standard InChI is InChI=1S/C27H24N2O4S/c1-18-6-8-21(9-7-18)17-33-23-12-10-20(11-13-23)15-24-26(31)29(27(32)34-24)16-25(30)28-22-5-3-4-19(2)14-22/h3-15H,16-17H2,1-2H3,(H,28,30). The molecule has 0 aromatic heterocycles. The van der Waals surface area contributed by atoms with E-state index in [-0.39, 0.29) is 11.4 Å². The second-order valence-corrected chi connectivity index (χ2v) is 9.02. The average Bonchev–Trinajstić information content (AvgIpc) is 3.07. The number of carbonyl (C=O) groups excluding carboxylic acids is 3. The monoisotopic (exact) mass is 472 g/mol. The molecule has 172 valence electrons. The molecule has 6 nitrogen and oxygen atoms in total. The van der Waals surface area contributed by atoms with Gasteiger partial charge in [-0.25, -0.2) is 0 Å². The fourth-order valence-electron chi connectivity index (χ4n) is 3.37. The van der Waals surface area contributed by atoms with Crippen molar-refractivity contribution in [1.82, 2.24) is 4.90 Å². The smallest absolute Gasteiger partial charge is 0.294 e. The van der Waals surface area contributed by atoms with Crippen molar-refractivity contribution in [2.24, 2.45) is 0 Å². The Kier molecular flexibility index (Phi) is 7.13. The molecular weight excluding hydrogens is 448 g/mol. The molecule has 1 heterocycles. The van der Waals surface area contributed by atoms with Crippen molar-refractivity contribution in [2.75, 3.05) is 11.9 Å². The summed E-state index contributed by atoms with van der Waals surface area (Å²) in [5.74, 6) is -0.197. The number of anilines is 1. The van der Waals surface area contributed by atoms with Crippen molar-refractivity contribution in [3.63, 3.8) is 0 Å². The number of thioether (sulfide) groups is 1. The first-order valence-electron chi connectivity index (χ1n) is 10.8. The minimum atomic E-state index is -0.478. The van der Waals surface area contributed by atoms with Gasteiger partial charge in [-0.05, 0) is 72.6 Å². The van der Waals surface area contributed by atoms with E-state index in [4.69, 9.17) is 4.74 Å². The van der Waals surface area contributed by atoms with Gasteiger partial charge in [0.25, 0.3) is 11.1 Å². The van der Waals surface area contributed by atoms with E-state index in [0.29, 0.717) is 18.0 Å². The topological polar surface area (TPSA) is 75.7 Å². The summed E-state index contributed by atoms with van der Waals surface area (Å²) < 4.78 is 5.81. The summed E-state index contributed by atoms with van der Waals surface area (Å²) in [7, 11) is 0. The van der Waals surface area contributed by atoms with Crippen LogP contribution >= 0.6 is 11.8 Å². The average molecular weight is 473 g/mol. The van der Waals surface area contributed by atoms with E-state index >= 15 is 0 Å². The number of rotatable bonds is 7. The van der Waals surface area contributed by atoms with Crippen LogP contribution in [-0.2, 0) is 16.2 Å². The lowest BCUT2D eigenvalue weighted by molar-refractivity contribution is -0.127. The lowest BCUT2D eigenvalue weighted by atomic mass is 10.1. The normalized spacial score (nSPS) is 14.5. The molecule has 3 aromatic carbocycles. The Bertz CT molecular complexity index is 1250. The van der Waals surface area contributed by atoms with Crippen LogP contribution in [0.1, 0.15) is 22.3 Å². The van der Waals surface area contributed by atoms with Gasteiger partial charge in [0.15, 0.2) is 0 Å². The molecule has 3 amide bonds. The van der Waals surface area contributed by atoms with Gasteiger partial charge in [-0.3, -0.25) is 19.3 Å². The van der Waals surface area contributed by atoms with Gasteiger partial charge >= 0.3 is 0 Å². The van der Waals surface area contributed by atoms with E-state index in [9.17, 15) is 14.4 Å². The van der Waals surface area contributed by atoms with Gasteiger partial charge in [0.1, 0.15) is 18.9 Å². The van der Waals surface area contributed by atoms with E-state index in [1.54, 1.807) is 12.1 Å². The molecule has 0 saturated carbocycles. The molecule has 0 atom stereocenters. The Hall–Kier alpha value is -3.84. The Balaban J connectivity index is 1.35. The Labute approximate surface area is 202 Å². The molecule has 7 heteroatoms. The van der Waals surface area contributed by atoms with Gasteiger partial charge in [-0.2, -0.15) is 0 Å². The Morgan fingerprint density at radius 2 is 1.71 bits per heavy atom. The molecule has 1 fully saturated rings. The van der Waals surface area contributed by atoms with Crippen LogP contribution in [0.25, 0.3) is 6.08 Å². The Morgan fingerprint density at radius 1 is 0.971 bits per heavy atom. The summed E-state index contributed by atoms with van der Waals surface area (Å²) in [6.07, 6.45) is 1.65. The van der Waals surface area contributed by atoms with E-state index < -0.39 is 17.1 Å². The summed E-state index contributed by atoms with van der Waals surface area (Å²) in [6.45, 7) is 4.09. The van der Waals surface area contributed by atoms with Gasteiger partial charge in [-0.1, -0.05) is 54.1 Å². The summed E-state index contributed by atoms with van der Waals surface area (Å²) in [4.78, 5) is 38.7. The number of hydrogen-bond acceptors (Lipinski definition) is 5. The molecule has 3 aromatic rings. The molecule has 0 unspecified atom stereocenters. The minimum absolute atomic E-state index is 0.279. The van der Waals surface area contributed by atoms with Gasteiger partial charge in [0.2, 0.25) is 5.91 Å². The molecule has 0 bridgehead atoms. The number of nitrogens with zero attached hydrogens (tertiary/aromatic N) is 1. The van der Waals surface area contributed by atoms with Crippen LogP contribution in [-0.4, -0.2) is 28.5 Å². The lowest BCUT2D eigenvalue weighted by Gasteiger charge is -2.12. The second-order valence-electron chi connectivity index (χ2n) is 8.03. The largest absolute Gasteiger partial charge is 0.489 e. The van der Waals surface area contributed by atoms with E-state index in [2.05, 4.69) is 5.32 Å². The number of nitrogens with one attached hydrogen (secondary N) is 1. The molecular formula is C27H24N2O4S. The van der Waals surface area contributed by atoms with Crippen molar-refractivity contribution < 1.29 is 19.1 Å². The van der Waals surface area contributed by atoms with Crippen molar-refractivity contribution in [2.45, 2.75) is 20.5 Å². The second kappa shape index (κ2) is 10.4. The first-order valence-corrected chi connectivity index (χ1v) is 11.6. The predicted molar refractivity (Wildman–Crippen MR) is 134 cm³/mol. The SMILES string of the molecule is Cc1ccc(COc2ccc(C=C3SC(=O)N(CC(=O)Nc4cccc(C)c4)C3=O)cc2)cc1. The van der Waals surface area contributed by atoms with Crippen LogP contribution in [0.15, 0.2) is 77.7 Å². The van der Waals surface area contributed by atoms with E-state index in [1.165, 1.54) is 5.56 Å². The number of hydrogen-bond donors (Lipinski definition) is 1. The maximum atomic E-state index is 12.7. The minimum Gasteiger partial charge on any atom is -0.489 e. The van der Waals surface area contributed by atoms with Gasteiger partial charge < -0.3 is 10.1 Å².